The molecule has 0 bridgehead atoms. The minimum absolute atomic E-state index is 0.218. The monoisotopic (exact) mass is 330 g/mol. The van der Waals surface area contributed by atoms with Crippen LogP contribution in [-0.4, -0.2) is 11.0 Å². The average molecular weight is 330 g/mol. The summed E-state index contributed by atoms with van der Waals surface area (Å²) in [5.74, 6) is -0.373. The molecule has 1 atom stereocenters. The first-order valence-corrected chi connectivity index (χ1v) is 7.89. The van der Waals surface area contributed by atoms with Gasteiger partial charge in [0.05, 0.1) is 0 Å². The van der Waals surface area contributed by atoms with E-state index in [1.54, 1.807) is 0 Å². The highest BCUT2D eigenvalue weighted by Crippen LogP contribution is 2.26. The zero-order valence-electron chi connectivity index (χ0n) is 13.1. The molecule has 0 radical (unpaired) electrons. The Morgan fingerprint density at radius 1 is 1.17 bits per heavy atom. The van der Waals surface area contributed by atoms with E-state index < -0.39 is 0 Å². The molecule has 23 heavy (non-hydrogen) atoms. The molecule has 0 saturated heterocycles. The minimum Gasteiger partial charge on any atom is -0.332 e. The van der Waals surface area contributed by atoms with Crippen LogP contribution in [0.2, 0.25) is 0 Å². The predicted molar refractivity (Wildman–Crippen MR) is 95.2 cm³/mol. The topological polar surface area (TPSA) is 41.1 Å². The number of amides is 1. The van der Waals surface area contributed by atoms with Crippen LogP contribution in [0.5, 0.6) is 0 Å². The second kappa shape index (κ2) is 7.83. The maximum Gasteiger partial charge on any atom is 0.257 e. The number of anilines is 1. The fourth-order valence-electron chi connectivity index (χ4n) is 2.19. The van der Waals surface area contributed by atoms with Gasteiger partial charge in [0, 0.05) is 11.3 Å². The summed E-state index contributed by atoms with van der Waals surface area (Å²) in [7, 11) is 0. The Hall–Kier alpha value is -2.27. The lowest BCUT2D eigenvalue weighted by Gasteiger charge is -2.17. The number of hydrogen-bond donors (Lipinski definition) is 2. The van der Waals surface area contributed by atoms with Gasteiger partial charge in [0.2, 0.25) is 0 Å². The molecule has 0 aromatic heterocycles. The van der Waals surface area contributed by atoms with Gasteiger partial charge in [-0.15, -0.1) is 0 Å². The predicted octanol–water partition coefficient (Wildman–Crippen LogP) is 4.47. The molecule has 0 aliphatic carbocycles. The van der Waals surface area contributed by atoms with Crippen molar-refractivity contribution in [2.75, 3.05) is 5.32 Å². The van der Waals surface area contributed by atoms with Crippen LogP contribution >= 0.6 is 12.2 Å². The second-order valence-electron chi connectivity index (χ2n) is 5.31. The Morgan fingerprint density at radius 2 is 1.83 bits per heavy atom. The molecule has 3 nitrogen and oxygen atoms in total. The third kappa shape index (κ3) is 4.60. The van der Waals surface area contributed by atoms with E-state index in [1.165, 1.54) is 24.3 Å². The minimum atomic E-state index is -0.385. The van der Waals surface area contributed by atoms with Crippen molar-refractivity contribution in [3.8, 4) is 0 Å². The highest BCUT2D eigenvalue weighted by molar-refractivity contribution is 7.80. The molecule has 2 N–H and O–H groups in total. The number of hydrogen-bond acceptors (Lipinski definition) is 2. The average Bonchev–Trinajstić information content (AvgIpc) is 2.55. The lowest BCUT2D eigenvalue weighted by atomic mass is 9.97. The van der Waals surface area contributed by atoms with E-state index in [0.29, 0.717) is 11.5 Å². The van der Waals surface area contributed by atoms with Gasteiger partial charge >= 0.3 is 0 Å². The van der Waals surface area contributed by atoms with Crippen molar-refractivity contribution in [1.29, 1.82) is 0 Å². The van der Waals surface area contributed by atoms with Gasteiger partial charge < -0.3 is 5.32 Å². The molecule has 1 amide bonds. The molecule has 2 aromatic rings. The molecule has 0 aliphatic heterocycles. The standard InChI is InChI=1S/C18H19FN2OS/c1-3-12(2)15-6-4-5-7-16(15)20-18(23)21-17(22)13-8-10-14(19)11-9-13/h4-12H,3H2,1-2H3,(H2,20,21,22,23)/t12-/m1/s1. The summed E-state index contributed by atoms with van der Waals surface area (Å²) in [6.45, 7) is 4.26. The van der Waals surface area contributed by atoms with Crippen LogP contribution in [0, 0.1) is 5.82 Å². The van der Waals surface area contributed by atoms with Gasteiger partial charge in [-0.25, -0.2) is 4.39 Å². The first-order valence-electron chi connectivity index (χ1n) is 7.48. The molecule has 0 heterocycles. The number of benzene rings is 2. The number of halogens is 1. The van der Waals surface area contributed by atoms with Crippen LogP contribution in [0.25, 0.3) is 0 Å². The van der Waals surface area contributed by atoms with Gasteiger partial charge in [-0.2, -0.15) is 0 Å². The number of para-hydroxylation sites is 1. The normalized spacial score (nSPS) is 11.6. The van der Waals surface area contributed by atoms with Gasteiger partial charge in [-0.05, 0) is 60.5 Å². The Balaban J connectivity index is 2.05. The molecule has 0 aliphatic rings. The van der Waals surface area contributed by atoms with Crippen LogP contribution in [0.4, 0.5) is 10.1 Å². The Bertz CT molecular complexity index is 700. The van der Waals surface area contributed by atoms with E-state index >= 15 is 0 Å². The molecule has 0 fully saturated rings. The molecule has 120 valence electrons. The van der Waals surface area contributed by atoms with Crippen LogP contribution in [0.3, 0.4) is 0 Å². The smallest absolute Gasteiger partial charge is 0.257 e. The highest BCUT2D eigenvalue weighted by Gasteiger charge is 2.12. The number of thiocarbonyl (C=S) groups is 1. The van der Waals surface area contributed by atoms with Gasteiger partial charge in [-0.3, -0.25) is 10.1 Å². The number of carbonyl (C=O) groups is 1. The summed E-state index contributed by atoms with van der Waals surface area (Å²) < 4.78 is 12.9. The fourth-order valence-corrected chi connectivity index (χ4v) is 2.39. The molecular weight excluding hydrogens is 311 g/mol. The molecule has 2 rings (SSSR count). The lowest BCUT2D eigenvalue weighted by Crippen LogP contribution is -2.34. The van der Waals surface area contributed by atoms with Crippen molar-refractivity contribution < 1.29 is 9.18 Å². The zero-order valence-corrected chi connectivity index (χ0v) is 13.9. The molecule has 2 aromatic carbocycles. The highest BCUT2D eigenvalue weighted by atomic mass is 32.1. The summed E-state index contributed by atoms with van der Waals surface area (Å²) in [6.07, 6.45) is 1.01. The molecule has 5 heteroatoms. The van der Waals surface area contributed by atoms with Crippen LogP contribution < -0.4 is 10.6 Å². The van der Waals surface area contributed by atoms with E-state index in [0.717, 1.165) is 17.7 Å². The van der Waals surface area contributed by atoms with Crippen LogP contribution in [-0.2, 0) is 0 Å². The Labute approximate surface area is 140 Å². The fraction of sp³-hybridized carbons (Fsp3) is 0.222. The van der Waals surface area contributed by atoms with Gasteiger partial charge in [0.15, 0.2) is 5.11 Å². The Morgan fingerprint density at radius 3 is 2.48 bits per heavy atom. The molecule has 0 spiro atoms. The SMILES string of the molecule is CC[C@@H](C)c1ccccc1NC(=S)NC(=O)c1ccc(F)cc1. The summed E-state index contributed by atoms with van der Waals surface area (Å²) in [4.78, 5) is 12.1. The van der Waals surface area contributed by atoms with E-state index in [2.05, 4.69) is 24.5 Å². The van der Waals surface area contributed by atoms with Crippen molar-refractivity contribution >= 4 is 28.9 Å². The first-order chi connectivity index (χ1) is 11.0. The quantitative estimate of drug-likeness (QED) is 0.813. The van der Waals surface area contributed by atoms with Crippen LogP contribution in [0.1, 0.15) is 42.1 Å². The van der Waals surface area contributed by atoms with Crippen molar-refractivity contribution in [1.82, 2.24) is 5.32 Å². The largest absolute Gasteiger partial charge is 0.332 e. The second-order valence-corrected chi connectivity index (χ2v) is 5.72. The molecule has 0 unspecified atom stereocenters. The number of nitrogens with one attached hydrogen (secondary N) is 2. The third-order valence-electron chi connectivity index (χ3n) is 3.69. The first kappa shape index (κ1) is 17.1. The van der Waals surface area contributed by atoms with E-state index in [4.69, 9.17) is 12.2 Å². The van der Waals surface area contributed by atoms with Gasteiger partial charge in [0.1, 0.15) is 5.82 Å². The Kier molecular flexibility index (Phi) is 5.82. The summed E-state index contributed by atoms with van der Waals surface area (Å²) in [6, 6.07) is 13.2. The maximum absolute atomic E-state index is 12.9. The third-order valence-corrected chi connectivity index (χ3v) is 3.89. The van der Waals surface area contributed by atoms with Crippen molar-refractivity contribution in [3.05, 3.63) is 65.5 Å². The van der Waals surface area contributed by atoms with Gasteiger partial charge in [-0.1, -0.05) is 32.0 Å². The number of rotatable bonds is 4. The van der Waals surface area contributed by atoms with Crippen LogP contribution in [0.15, 0.2) is 48.5 Å². The van der Waals surface area contributed by atoms with Gasteiger partial charge in [0.25, 0.3) is 5.91 Å². The van der Waals surface area contributed by atoms with Crippen molar-refractivity contribution in [2.24, 2.45) is 0 Å². The zero-order chi connectivity index (χ0) is 16.8. The van der Waals surface area contributed by atoms with E-state index in [1.807, 2.05) is 24.3 Å². The van der Waals surface area contributed by atoms with Crippen molar-refractivity contribution in [2.45, 2.75) is 26.2 Å². The molecule has 0 saturated carbocycles. The van der Waals surface area contributed by atoms with Crippen molar-refractivity contribution in [3.63, 3.8) is 0 Å². The summed E-state index contributed by atoms with van der Waals surface area (Å²) in [5, 5.41) is 5.89. The maximum atomic E-state index is 12.9. The summed E-state index contributed by atoms with van der Waals surface area (Å²) in [5.41, 5.74) is 2.38. The van der Waals surface area contributed by atoms with E-state index in [9.17, 15) is 9.18 Å². The lowest BCUT2D eigenvalue weighted by molar-refractivity contribution is 0.0977. The summed E-state index contributed by atoms with van der Waals surface area (Å²) >= 11 is 5.20. The molecular formula is C18H19FN2OS. The van der Waals surface area contributed by atoms with E-state index in [-0.39, 0.29) is 16.8 Å². The number of carbonyl (C=O) groups excluding carboxylic acids is 1.